The lowest BCUT2D eigenvalue weighted by molar-refractivity contribution is 0.358. The second-order valence-electron chi connectivity index (χ2n) is 7.18. The van der Waals surface area contributed by atoms with Gasteiger partial charge >= 0.3 is 0 Å². The van der Waals surface area contributed by atoms with Gasteiger partial charge in [-0.05, 0) is 51.6 Å². The summed E-state index contributed by atoms with van der Waals surface area (Å²) in [7, 11) is 2.09. The van der Waals surface area contributed by atoms with Crippen LogP contribution in [0.15, 0.2) is 48.6 Å². The Morgan fingerprint density at radius 2 is 1.92 bits per heavy atom. The predicted molar refractivity (Wildman–Crippen MR) is 107 cm³/mol. The van der Waals surface area contributed by atoms with Crippen LogP contribution in [0.2, 0.25) is 0 Å². The molecule has 0 aliphatic carbocycles. The molecule has 1 aromatic carbocycles. The first-order chi connectivity index (χ1) is 11.9. The summed E-state index contributed by atoms with van der Waals surface area (Å²) in [6, 6.07) is 12.3. The molecule has 1 N–H and O–H groups in total. The van der Waals surface area contributed by atoms with Gasteiger partial charge in [-0.3, -0.25) is 10.00 Å². The molecule has 0 spiro atoms. The molecule has 2 rings (SSSR count). The first-order valence-electron chi connectivity index (χ1n) is 8.56. The molecular formula is C22H27N3. The minimum Gasteiger partial charge on any atom is -0.297 e. The number of aromatic nitrogens is 2. The van der Waals surface area contributed by atoms with E-state index < -0.39 is 0 Å². The summed E-state index contributed by atoms with van der Waals surface area (Å²) < 4.78 is 0. The molecule has 0 saturated carbocycles. The van der Waals surface area contributed by atoms with Gasteiger partial charge in [-0.2, -0.15) is 5.10 Å². The zero-order valence-corrected chi connectivity index (χ0v) is 15.6. The minimum atomic E-state index is 0.0514. The third-order valence-corrected chi connectivity index (χ3v) is 3.40. The molecule has 0 aliphatic heterocycles. The number of H-pyrrole nitrogens is 1. The highest BCUT2D eigenvalue weighted by molar-refractivity contribution is 5.67. The SMILES string of the molecule is CN(C/C=C/C#CC(C)(C)C)Cc1cc(C=Cc2ccccc2)n[nH]1. The molecule has 2 aromatic rings. The Kier molecular flexibility index (Phi) is 6.80. The molecule has 1 aromatic heterocycles. The average molecular weight is 333 g/mol. The lowest BCUT2D eigenvalue weighted by atomic mass is 9.98. The van der Waals surface area contributed by atoms with Crippen molar-refractivity contribution in [2.75, 3.05) is 13.6 Å². The molecule has 3 heteroatoms. The van der Waals surface area contributed by atoms with Gasteiger partial charge in [0.05, 0.1) is 5.69 Å². The van der Waals surface area contributed by atoms with Gasteiger partial charge in [0, 0.05) is 24.2 Å². The highest BCUT2D eigenvalue weighted by Crippen LogP contribution is 2.10. The first-order valence-corrected chi connectivity index (χ1v) is 8.56. The Labute approximate surface area is 151 Å². The maximum atomic E-state index is 4.34. The lowest BCUT2D eigenvalue weighted by Gasteiger charge is -2.12. The number of hydrogen-bond donors (Lipinski definition) is 1. The fourth-order valence-corrected chi connectivity index (χ4v) is 2.20. The van der Waals surface area contributed by atoms with Gasteiger partial charge < -0.3 is 0 Å². The maximum absolute atomic E-state index is 4.34. The normalized spacial score (nSPS) is 12.0. The fraction of sp³-hybridized carbons (Fsp3) is 0.318. The zero-order valence-electron chi connectivity index (χ0n) is 15.6. The van der Waals surface area contributed by atoms with Crippen molar-refractivity contribution in [3.63, 3.8) is 0 Å². The van der Waals surface area contributed by atoms with Crippen molar-refractivity contribution in [1.82, 2.24) is 15.1 Å². The van der Waals surface area contributed by atoms with Crippen molar-refractivity contribution in [2.24, 2.45) is 5.41 Å². The van der Waals surface area contributed by atoms with Crippen LogP contribution in [0.25, 0.3) is 12.2 Å². The third kappa shape index (κ3) is 7.69. The van der Waals surface area contributed by atoms with E-state index in [9.17, 15) is 0 Å². The number of hydrogen-bond acceptors (Lipinski definition) is 2. The summed E-state index contributed by atoms with van der Waals surface area (Å²) in [5.74, 6) is 6.29. The standard InChI is InChI=1S/C22H27N3/c1-22(2,3)15-9-6-10-16-25(4)18-21-17-20(23-24-21)14-13-19-11-7-5-8-12-19/h5-8,10-14,17H,16,18H2,1-4H3,(H,23,24)/b10-6+,14-13?. The van der Waals surface area contributed by atoms with E-state index >= 15 is 0 Å². The summed E-state index contributed by atoms with van der Waals surface area (Å²) in [4.78, 5) is 2.22. The van der Waals surface area contributed by atoms with Crippen molar-refractivity contribution >= 4 is 12.2 Å². The molecule has 0 saturated heterocycles. The van der Waals surface area contributed by atoms with Gasteiger partial charge in [0.25, 0.3) is 0 Å². The quantitative estimate of drug-likeness (QED) is 0.782. The van der Waals surface area contributed by atoms with Gasteiger partial charge in [0.1, 0.15) is 0 Å². The minimum absolute atomic E-state index is 0.0514. The van der Waals surface area contributed by atoms with Crippen molar-refractivity contribution < 1.29 is 0 Å². The van der Waals surface area contributed by atoms with Crippen molar-refractivity contribution in [3.05, 3.63) is 65.5 Å². The third-order valence-electron chi connectivity index (χ3n) is 3.40. The van der Waals surface area contributed by atoms with Crippen LogP contribution in [0.3, 0.4) is 0 Å². The molecule has 0 radical (unpaired) electrons. The molecule has 0 atom stereocenters. The molecule has 0 unspecified atom stereocenters. The number of nitrogens with one attached hydrogen (secondary N) is 1. The van der Waals surface area contributed by atoms with Crippen LogP contribution >= 0.6 is 0 Å². The van der Waals surface area contributed by atoms with Crippen molar-refractivity contribution in [1.29, 1.82) is 0 Å². The molecule has 3 nitrogen and oxygen atoms in total. The van der Waals surface area contributed by atoms with Gasteiger partial charge in [0.2, 0.25) is 0 Å². The fourth-order valence-electron chi connectivity index (χ4n) is 2.20. The Balaban J connectivity index is 1.83. The second-order valence-corrected chi connectivity index (χ2v) is 7.18. The van der Waals surface area contributed by atoms with E-state index in [1.54, 1.807) is 0 Å². The summed E-state index contributed by atoms with van der Waals surface area (Å²) >= 11 is 0. The maximum Gasteiger partial charge on any atom is 0.0852 e. The van der Waals surface area contributed by atoms with Crippen LogP contribution in [0.4, 0.5) is 0 Å². The molecule has 25 heavy (non-hydrogen) atoms. The first kappa shape index (κ1) is 18.8. The number of allylic oxidation sites excluding steroid dienone is 1. The highest BCUT2D eigenvalue weighted by Gasteiger charge is 2.03. The summed E-state index contributed by atoms with van der Waals surface area (Å²) in [6.07, 6.45) is 8.12. The van der Waals surface area contributed by atoms with Crippen LogP contribution in [0.1, 0.15) is 37.7 Å². The number of aromatic amines is 1. The summed E-state index contributed by atoms with van der Waals surface area (Å²) in [5.41, 5.74) is 3.27. The van der Waals surface area contributed by atoms with E-state index in [1.807, 2.05) is 30.4 Å². The van der Waals surface area contributed by atoms with Crippen LogP contribution in [-0.2, 0) is 6.54 Å². The van der Waals surface area contributed by atoms with Crippen molar-refractivity contribution in [2.45, 2.75) is 27.3 Å². The van der Waals surface area contributed by atoms with Gasteiger partial charge in [0.15, 0.2) is 0 Å². The van der Waals surface area contributed by atoms with Crippen LogP contribution in [0, 0.1) is 17.3 Å². The van der Waals surface area contributed by atoms with Gasteiger partial charge in [-0.25, -0.2) is 0 Å². The van der Waals surface area contributed by atoms with E-state index in [0.717, 1.165) is 24.5 Å². The molecule has 0 aliphatic rings. The monoisotopic (exact) mass is 333 g/mol. The topological polar surface area (TPSA) is 31.9 Å². The highest BCUT2D eigenvalue weighted by atomic mass is 15.2. The van der Waals surface area contributed by atoms with E-state index in [-0.39, 0.29) is 5.41 Å². The Morgan fingerprint density at radius 1 is 1.16 bits per heavy atom. The molecule has 0 amide bonds. The molecule has 0 bridgehead atoms. The average Bonchev–Trinajstić information content (AvgIpc) is 3.00. The van der Waals surface area contributed by atoms with Crippen LogP contribution in [-0.4, -0.2) is 28.7 Å². The van der Waals surface area contributed by atoms with E-state index in [0.29, 0.717) is 0 Å². The van der Waals surface area contributed by atoms with E-state index in [4.69, 9.17) is 0 Å². The Bertz CT molecular complexity index is 765. The molecule has 0 fully saturated rings. The van der Waals surface area contributed by atoms with Crippen molar-refractivity contribution in [3.8, 4) is 11.8 Å². The predicted octanol–water partition coefficient (Wildman–Crippen LogP) is 4.62. The molecular weight excluding hydrogens is 306 g/mol. The van der Waals surface area contributed by atoms with Crippen LogP contribution < -0.4 is 0 Å². The number of likely N-dealkylation sites (N-methyl/N-ethyl adjacent to an activating group) is 1. The zero-order chi connectivity index (χ0) is 18.1. The van der Waals surface area contributed by atoms with Gasteiger partial charge in [-0.1, -0.05) is 54.3 Å². The lowest BCUT2D eigenvalue weighted by Crippen LogP contribution is -2.17. The molecule has 130 valence electrons. The Morgan fingerprint density at radius 3 is 2.64 bits per heavy atom. The number of rotatable bonds is 6. The summed E-state index contributed by atoms with van der Waals surface area (Å²) in [5, 5.41) is 7.44. The smallest absolute Gasteiger partial charge is 0.0852 e. The summed E-state index contributed by atoms with van der Waals surface area (Å²) in [6.45, 7) is 8.02. The number of nitrogens with zero attached hydrogens (tertiary/aromatic N) is 2. The molecule has 1 heterocycles. The largest absolute Gasteiger partial charge is 0.297 e. The van der Waals surface area contributed by atoms with E-state index in [2.05, 4.69) is 85.1 Å². The van der Waals surface area contributed by atoms with Crippen LogP contribution in [0.5, 0.6) is 0 Å². The van der Waals surface area contributed by atoms with Gasteiger partial charge in [-0.15, -0.1) is 0 Å². The second kappa shape index (κ2) is 9.05. The number of benzene rings is 1. The Hall–Kier alpha value is -2.57. The van der Waals surface area contributed by atoms with E-state index in [1.165, 1.54) is 5.56 Å².